The van der Waals surface area contributed by atoms with Gasteiger partial charge in [0, 0.05) is 72.6 Å². The van der Waals surface area contributed by atoms with Crippen molar-refractivity contribution in [3.8, 4) is 22.5 Å². The molecule has 3 aliphatic rings. The standard InChI is InChI=1S/C85H56BN5/c1-8-29-57(30-9-1)85(58-31-10-2-11-32-58)68-46-25-22-43-65(68)79-69(85)51-52-70-83(79)90(62-39-18-6-19-40-62)77-55-64(87(59-33-12-3-13-34-59)74-49-28-50-75-80(74)66-44-23-26-47-72(66)88(75)60-35-14-4-15-36-60)56-78-82(77)86(70)71-53-54-76-81(84(71)91(78)63-41-20-7-21-42-63)67-45-24-27-48-73(67)89(76)61-37-16-5-17-38-61/h1-56H. The van der Waals surface area contributed by atoms with Crippen molar-refractivity contribution in [3.63, 3.8) is 0 Å². The fourth-order valence-corrected chi connectivity index (χ4v) is 16.3. The molecule has 0 amide bonds. The van der Waals surface area contributed by atoms with E-state index in [2.05, 4.69) is 364 Å². The van der Waals surface area contributed by atoms with E-state index in [1.54, 1.807) is 0 Å². The highest BCUT2D eigenvalue weighted by molar-refractivity contribution is 7.00. The van der Waals surface area contributed by atoms with Crippen LogP contribution in [0.2, 0.25) is 0 Å². The molecule has 5 nitrogen and oxygen atoms in total. The number of hydrogen-bond donors (Lipinski definition) is 0. The monoisotopic (exact) mass is 1160 g/mol. The Balaban J connectivity index is 0.996. The molecular formula is C85H56BN5. The average Bonchev–Trinajstić information content (AvgIpc) is 1.67. The Kier molecular flexibility index (Phi) is 11.3. The van der Waals surface area contributed by atoms with Crippen molar-refractivity contribution in [2.75, 3.05) is 14.7 Å². The lowest BCUT2D eigenvalue weighted by Crippen LogP contribution is -2.61. The van der Waals surface area contributed by atoms with Crippen LogP contribution in [0.15, 0.2) is 340 Å². The van der Waals surface area contributed by atoms with Gasteiger partial charge in [0.1, 0.15) is 0 Å². The van der Waals surface area contributed by atoms with Crippen LogP contribution in [-0.2, 0) is 5.41 Å². The van der Waals surface area contributed by atoms with Gasteiger partial charge in [-0.15, -0.1) is 0 Å². The van der Waals surface area contributed by atoms with Crippen molar-refractivity contribution in [2.45, 2.75) is 5.41 Å². The van der Waals surface area contributed by atoms with Crippen LogP contribution >= 0.6 is 0 Å². The molecule has 0 saturated heterocycles. The van der Waals surface area contributed by atoms with Gasteiger partial charge >= 0.3 is 0 Å². The number of anilines is 9. The molecule has 2 aromatic heterocycles. The van der Waals surface area contributed by atoms with E-state index in [0.29, 0.717) is 0 Å². The fraction of sp³-hybridized carbons (Fsp3) is 0.0118. The molecule has 424 valence electrons. The molecule has 0 bridgehead atoms. The summed E-state index contributed by atoms with van der Waals surface area (Å²) in [5.74, 6) is 0. The summed E-state index contributed by atoms with van der Waals surface area (Å²) < 4.78 is 4.90. The summed E-state index contributed by atoms with van der Waals surface area (Å²) >= 11 is 0. The molecule has 6 heteroatoms. The van der Waals surface area contributed by atoms with Gasteiger partial charge in [0.2, 0.25) is 0 Å². The molecule has 16 aromatic rings. The topological polar surface area (TPSA) is 19.6 Å². The highest BCUT2D eigenvalue weighted by Crippen LogP contribution is 2.61. The number of benzene rings is 14. The molecule has 0 saturated carbocycles. The third-order valence-electron chi connectivity index (χ3n) is 19.7. The van der Waals surface area contributed by atoms with Crippen LogP contribution in [0.5, 0.6) is 0 Å². The lowest BCUT2D eigenvalue weighted by atomic mass is 9.33. The molecule has 0 unspecified atom stereocenters. The second-order valence-corrected chi connectivity index (χ2v) is 24.2. The van der Waals surface area contributed by atoms with Crippen LogP contribution in [0.1, 0.15) is 22.3 Å². The van der Waals surface area contributed by atoms with Gasteiger partial charge in [-0.3, -0.25) is 0 Å². The maximum absolute atomic E-state index is 2.65. The van der Waals surface area contributed by atoms with Crippen LogP contribution in [0.25, 0.3) is 66.1 Å². The summed E-state index contributed by atoms with van der Waals surface area (Å²) in [4.78, 5) is 7.81. The maximum Gasteiger partial charge on any atom is 0.252 e. The second-order valence-electron chi connectivity index (χ2n) is 24.2. The van der Waals surface area contributed by atoms with Crippen molar-refractivity contribution in [3.05, 3.63) is 362 Å². The van der Waals surface area contributed by atoms with Gasteiger partial charge in [-0.25, -0.2) is 0 Å². The Morgan fingerprint density at radius 1 is 0.308 bits per heavy atom. The van der Waals surface area contributed by atoms with E-state index in [0.717, 1.165) is 73.3 Å². The Morgan fingerprint density at radius 2 is 0.747 bits per heavy atom. The molecule has 19 rings (SSSR count). The van der Waals surface area contributed by atoms with E-state index in [1.807, 2.05) is 0 Å². The van der Waals surface area contributed by atoms with Crippen LogP contribution in [-0.4, -0.2) is 15.8 Å². The van der Waals surface area contributed by atoms with Gasteiger partial charge in [0.25, 0.3) is 6.71 Å². The first-order chi connectivity index (χ1) is 45.2. The van der Waals surface area contributed by atoms with E-state index in [1.165, 1.54) is 82.7 Å². The first-order valence-corrected chi connectivity index (χ1v) is 31.5. The molecule has 2 aliphatic heterocycles. The lowest BCUT2D eigenvalue weighted by Gasteiger charge is -2.46. The summed E-state index contributed by atoms with van der Waals surface area (Å²) in [6, 6.07) is 127. The summed E-state index contributed by atoms with van der Waals surface area (Å²) in [5, 5.41) is 4.77. The summed E-state index contributed by atoms with van der Waals surface area (Å²) in [5.41, 5.74) is 27.4. The summed E-state index contributed by atoms with van der Waals surface area (Å²) in [7, 11) is 0. The van der Waals surface area contributed by atoms with Crippen molar-refractivity contribution < 1.29 is 0 Å². The quantitative estimate of drug-likeness (QED) is 0.134. The first-order valence-electron chi connectivity index (χ1n) is 31.5. The SMILES string of the molecule is c1ccc(N2c3cc(N(c4ccccc4)c4cccc5c4c4ccccc4n5-c4ccccc4)cc4c3B(c3ccc5c(c32)-c2ccccc2C5(c2ccccc2)c2ccccc2)c2ccc3c(c2N4c2ccccc2)c2ccccc2n3-c2ccccc2)cc1. The van der Waals surface area contributed by atoms with Crippen LogP contribution in [0.4, 0.5) is 51.2 Å². The van der Waals surface area contributed by atoms with Gasteiger partial charge in [0.05, 0.1) is 44.5 Å². The normalized spacial score (nSPS) is 13.3. The largest absolute Gasteiger partial charge is 0.311 e. The minimum Gasteiger partial charge on any atom is -0.311 e. The molecule has 0 radical (unpaired) electrons. The summed E-state index contributed by atoms with van der Waals surface area (Å²) in [6.45, 7) is -0.217. The van der Waals surface area contributed by atoms with E-state index in [9.17, 15) is 0 Å². The van der Waals surface area contributed by atoms with E-state index < -0.39 is 5.41 Å². The molecule has 0 atom stereocenters. The molecule has 91 heavy (non-hydrogen) atoms. The van der Waals surface area contributed by atoms with Crippen LogP contribution in [0.3, 0.4) is 0 Å². The Hall–Kier alpha value is -11.9. The Labute approximate surface area is 528 Å². The number of hydrogen-bond acceptors (Lipinski definition) is 3. The maximum atomic E-state index is 2.65. The number of para-hydroxylation sites is 7. The molecule has 1 aliphatic carbocycles. The number of fused-ring (bicyclic) bond motifs is 15. The van der Waals surface area contributed by atoms with Crippen molar-refractivity contribution in [2.24, 2.45) is 0 Å². The average molecular weight is 1160 g/mol. The molecule has 14 aromatic carbocycles. The van der Waals surface area contributed by atoms with E-state index in [4.69, 9.17) is 0 Å². The highest BCUT2D eigenvalue weighted by Gasteiger charge is 2.52. The first kappa shape index (κ1) is 51.2. The van der Waals surface area contributed by atoms with Gasteiger partial charge in [-0.2, -0.15) is 0 Å². The Morgan fingerprint density at radius 3 is 1.33 bits per heavy atom. The van der Waals surface area contributed by atoms with Gasteiger partial charge < -0.3 is 23.8 Å². The zero-order valence-electron chi connectivity index (χ0n) is 49.6. The Bertz CT molecular complexity index is 5500. The minimum atomic E-state index is -0.638. The third-order valence-corrected chi connectivity index (χ3v) is 19.7. The number of rotatable bonds is 9. The highest BCUT2D eigenvalue weighted by atomic mass is 15.2. The minimum absolute atomic E-state index is 0.217. The predicted molar refractivity (Wildman–Crippen MR) is 381 cm³/mol. The van der Waals surface area contributed by atoms with Gasteiger partial charge in [-0.05, 0) is 147 Å². The van der Waals surface area contributed by atoms with E-state index in [-0.39, 0.29) is 6.71 Å². The van der Waals surface area contributed by atoms with Crippen LogP contribution < -0.4 is 31.1 Å². The summed E-state index contributed by atoms with van der Waals surface area (Å²) in [6.07, 6.45) is 0. The zero-order valence-corrected chi connectivity index (χ0v) is 49.6. The molecule has 4 heterocycles. The van der Waals surface area contributed by atoms with E-state index >= 15 is 0 Å². The fourth-order valence-electron chi connectivity index (χ4n) is 16.3. The molecular weight excluding hydrogens is 1100 g/mol. The number of nitrogens with zero attached hydrogens (tertiary/aromatic N) is 5. The van der Waals surface area contributed by atoms with Crippen molar-refractivity contribution >= 4 is 118 Å². The smallest absolute Gasteiger partial charge is 0.252 e. The second kappa shape index (κ2) is 20.1. The third kappa shape index (κ3) is 7.30. The predicted octanol–water partition coefficient (Wildman–Crippen LogP) is 19.8. The molecule has 0 spiro atoms. The number of aromatic nitrogens is 2. The van der Waals surface area contributed by atoms with Gasteiger partial charge in [0.15, 0.2) is 0 Å². The van der Waals surface area contributed by atoms with Crippen molar-refractivity contribution in [1.82, 2.24) is 9.13 Å². The van der Waals surface area contributed by atoms with Crippen LogP contribution in [0, 0.1) is 0 Å². The molecule has 0 N–H and O–H groups in total. The van der Waals surface area contributed by atoms with Crippen molar-refractivity contribution in [1.29, 1.82) is 0 Å². The molecule has 0 fully saturated rings. The zero-order chi connectivity index (χ0) is 59.7. The lowest BCUT2D eigenvalue weighted by molar-refractivity contribution is 0.768. The van der Waals surface area contributed by atoms with Gasteiger partial charge in [-0.1, -0.05) is 237 Å².